The number of carbonyl (C=O) groups excluding carboxylic acids is 1. The van der Waals surface area contributed by atoms with E-state index in [1.807, 2.05) is 55.5 Å². The van der Waals surface area contributed by atoms with Gasteiger partial charge in [-0.3, -0.25) is 14.2 Å². The average molecular weight is 484 g/mol. The number of fused-ring (bicyclic) bond motifs is 3. The fourth-order valence-electron chi connectivity index (χ4n) is 4.17. The van der Waals surface area contributed by atoms with Crippen molar-refractivity contribution in [1.29, 1.82) is 0 Å². The number of hydrogen-bond donors (Lipinski definition) is 1. The summed E-state index contributed by atoms with van der Waals surface area (Å²) < 4.78 is 13.8. The van der Waals surface area contributed by atoms with Gasteiger partial charge in [0.15, 0.2) is 0 Å². The highest BCUT2D eigenvalue weighted by molar-refractivity contribution is 5.91. The van der Waals surface area contributed by atoms with Gasteiger partial charge < -0.3 is 14.8 Å². The fraction of sp³-hybridized carbons (Fsp3) is 0.185. The smallest absolute Gasteiger partial charge is 0.296 e. The van der Waals surface area contributed by atoms with Crippen LogP contribution in [0, 0.1) is 6.92 Å². The molecule has 0 unspecified atom stereocenters. The Morgan fingerprint density at radius 2 is 1.78 bits per heavy atom. The predicted octanol–water partition coefficient (Wildman–Crippen LogP) is 3.35. The molecule has 0 bridgehead atoms. The quantitative estimate of drug-likeness (QED) is 0.381. The number of benzene rings is 3. The van der Waals surface area contributed by atoms with E-state index in [-0.39, 0.29) is 23.6 Å². The molecule has 9 nitrogen and oxygen atoms in total. The lowest BCUT2D eigenvalue weighted by Crippen LogP contribution is -2.24. The maximum atomic E-state index is 13.5. The van der Waals surface area contributed by atoms with E-state index in [0.717, 1.165) is 16.7 Å². The Hall–Kier alpha value is -4.66. The maximum absolute atomic E-state index is 13.5. The number of rotatable bonds is 7. The van der Waals surface area contributed by atoms with Crippen molar-refractivity contribution in [2.45, 2.75) is 20.0 Å². The summed E-state index contributed by atoms with van der Waals surface area (Å²) in [6.07, 6.45) is 0. The molecule has 0 spiro atoms. The van der Waals surface area contributed by atoms with E-state index in [9.17, 15) is 9.59 Å². The summed E-state index contributed by atoms with van der Waals surface area (Å²) in [6, 6.07) is 20.8. The minimum atomic E-state index is -0.502. The van der Waals surface area contributed by atoms with Gasteiger partial charge in [-0.25, -0.2) is 4.52 Å². The summed E-state index contributed by atoms with van der Waals surface area (Å²) in [5, 5.41) is 7.20. The maximum Gasteiger partial charge on any atom is 0.296 e. The highest BCUT2D eigenvalue weighted by Gasteiger charge is 2.20. The first-order valence-electron chi connectivity index (χ1n) is 11.4. The summed E-state index contributed by atoms with van der Waals surface area (Å²) in [5.41, 5.74) is 3.90. The predicted molar refractivity (Wildman–Crippen MR) is 136 cm³/mol. The molecule has 1 N–H and O–H groups in total. The normalized spacial score (nSPS) is 11.1. The zero-order chi connectivity index (χ0) is 25.2. The third-order valence-corrected chi connectivity index (χ3v) is 6.01. The molecule has 3 aromatic carbocycles. The summed E-state index contributed by atoms with van der Waals surface area (Å²) in [7, 11) is 3.13. The number of aryl methyl sites for hydroxylation is 1. The second kappa shape index (κ2) is 9.53. The molecule has 0 saturated carbocycles. The second-order valence-corrected chi connectivity index (χ2v) is 8.40. The first-order chi connectivity index (χ1) is 17.5. The number of nitrogens with zero attached hydrogens (tertiary/aromatic N) is 4. The topological polar surface area (TPSA) is 99.8 Å². The minimum absolute atomic E-state index is 0.0893. The molecular weight excluding hydrogens is 458 g/mol. The zero-order valence-corrected chi connectivity index (χ0v) is 20.2. The van der Waals surface area contributed by atoms with Crippen LogP contribution in [0.25, 0.3) is 16.7 Å². The van der Waals surface area contributed by atoms with E-state index < -0.39 is 5.91 Å². The van der Waals surface area contributed by atoms with Crippen LogP contribution < -0.4 is 20.3 Å². The molecule has 0 saturated heterocycles. The van der Waals surface area contributed by atoms with Gasteiger partial charge in [0.25, 0.3) is 11.5 Å². The standard InChI is InChI=1S/C27H25N5O4/c1-17-9-11-21-22(13-17)31(16-18-7-5-4-6-8-18)27(34)25-29-24(30-32(21)25)26(33)28-15-19-14-20(35-2)10-12-23(19)36-3/h4-14H,15-16H2,1-3H3,(H,28,33). The Labute approximate surface area is 206 Å². The molecule has 1 amide bonds. The zero-order valence-electron chi connectivity index (χ0n) is 20.2. The van der Waals surface area contributed by atoms with E-state index in [0.29, 0.717) is 29.1 Å². The van der Waals surface area contributed by atoms with E-state index >= 15 is 0 Å². The highest BCUT2D eigenvalue weighted by atomic mass is 16.5. The van der Waals surface area contributed by atoms with Crippen LogP contribution in [0.1, 0.15) is 27.3 Å². The van der Waals surface area contributed by atoms with Gasteiger partial charge in [-0.2, -0.15) is 4.98 Å². The summed E-state index contributed by atoms with van der Waals surface area (Å²) in [6.45, 7) is 2.52. The molecule has 5 aromatic rings. The third kappa shape index (κ3) is 4.26. The minimum Gasteiger partial charge on any atom is -0.497 e. The molecule has 5 rings (SSSR count). The molecule has 0 radical (unpaired) electrons. The highest BCUT2D eigenvalue weighted by Crippen LogP contribution is 2.24. The summed E-state index contributed by atoms with van der Waals surface area (Å²) >= 11 is 0. The molecule has 0 atom stereocenters. The van der Waals surface area contributed by atoms with Crippen molar-refractivity contribution in [2.75, 3.05) is 14.2 Å². The second-order valence-electron chi connectivity index (χ2n) is 8.40. The van der Waals surface area contributed by atoms with E-state index in [1.165, 1.54) is 4.52 Å². The number of aromatic nitrogens is 4. The van der Waals surface area contributed by atoms with Crippen LogP contribution in [0.2, 0.25) is 0 Å². The average Bonchev–Trinajstić information content (AvgIpc) is 3.36. The largest absolute Gasteiger partial charge is 0.497 e. The van der Waals surface area contributed by atoms with Gasteiger partial charge in [0, 0.05) is 12.1 Å². The lowest BCUT2D eigenvalue weighted by Gasteiger charge is -2.12. The van der Waals surface area contributed by atoms with Gasteiger partial charge in [-0.15, -0.1) is 5.10 Å². The van der Waals surface area contributed by atoms with E-state index in [1.54, 1.807) is 37.0 Å². The molecule has 2 heterocycles. The Bertz CT molecular complexity index is 1640. The van der Waals surface area contributed by atoms with Crippen LogP contribution in [0.5, 0.6) is 11.5 Å². The lowest BCUT2D eigenvalue weighted by atomic mass is 10.2. The van der Waals surface area contributed by atoms with Gasteiger partial charge in [0.2, 0.25) is 11.5 Å². The Morgan fingerprint density at radius 3 is 2.53 bits per heavy atom. The van der Waals surface area contributed by atoms with Crippen molar-refractivity contribution < 1.29 is 14.3 Å². The monoisotopic (exact) mass is 483 g/mol. The fourth-order valence-corrected chi connectivity index (χ4v) is 4.17. The van der Waals surface area contributed by atoms with E-state index in [2.05, 4.69) is 15.4 Å². The summed E-state index contributed by atoms with van der Waals surface area (Å²) in [5.74, 6) is 0.669. The van der Waals surface area contributed by atoms with Crippen LogP contribution in [0.15, 0.2) is 71.5 Å². The Balaban J connectivity index is 1.53. The van der Waals surface area contributed by atoms with Crippen molar-refractivity contribution in [1.82, 2.24) is 24.5 Å². The van der Waals surface area contributed by atoms with Crippen molar-refractivity contribution in [3.05, 3.63) is 99.6 Å². The molecule has 0 fully saturated rings. The number of ether oxygens (including phenoxy) is 2. The molecular formula is C27H25N5O4. The Kier molecular flexibility index (Phi) is 6.12. The van der Waals surface area contributed by atoms with Crippen molar-refractivity contribution >= 4 is 22.6 Å². The van der Waals surface area contributed by atoms with Gasteiger partial charge >= 0.3 is 0 Å². The molecule has 0 aliphatic rings. The third-order valence-electron chi connectivity index (χ3n) is 6.01. The van der Waals surface area contributed by atoms with Gasteiger partial charge in [0.1, 0.15) is 11.5 Å². The lowest BCUT2D eigenvalue weighted by molar-refractivity contribution is 0.0940. The van der Waals surface area contributed by atoms with Crippen molar-refractivity contribution in [2.24, 2.45) is 0 Å². The van der Waals surface area contributed by atoms with Crippen LogP contribution in [-0.2, 0) is 13.1 Å². The van der Waals surface area contributed by atoms with Crippen molar-refractivity contribution in [3.8, 4) is 11.5 Å². The van der Waals surface area contributed by atoms with Gasteiger partial charge in [-0.1, -0.05) is 36.4 Å². The summed E-state index contributed by atoms with van der Waals surface area (Å²) in [4.78, 5) is 30.8. The molecule has 0 aliphatic carbocycles. The van der Waals surface area contributed by atoms with E-state index in [4.69, 9.17) is 9.47 Å². The molecule has 182 valence electrons. The Morgan fingerprint density at radius 1 is 0.972 bits per heavy atom. The number of hydrogen-bond acceptors (Lipinski definition) is 6. The number of amides is 1. The number of nitrogens with one attached hydrogen (secondary N) is 1. The van der Waals surface area contributed by atoms with Gasteiger partial charge in [0.05, 0.1) is 31.8 Å². The van der Waals surface area contributed by atoms with Gasteiger partial charge in [-0.05, 0) is 48.4 Å². The molecule has 9 heteroatoms. The van der Waals surface area contributed by atoms with Crippen LogP contribution in [0.3, 0.4) is 0 Å². The number of methoxy groups -OCH3 is 2. The first kappa shape index (κ1) is 23.1. The van der Waals surface area contributed by atoms with Crippen LogP contribution in [0.4, 0.5) is 0 Å². The van der Waals surface area contributed by atoms with Crippen LogP contribution in [-0.4, -0.2) is 39.3 Å². The first-order valence-corrected chi connectivity index (χ1v) is 11.4. The molecule has 36 heavy (non-hydrogen) atoms. The van der Waals surface area contributed by atoms with Crippen LogP contribution >= 0.6 is 0 Å². The molecule has 0 aliphatic heterocycles. The number of carbonyl (C=O) groups is 1. The SMILES string of the molecule is COc1ccc(OC)c(CNC(=O)c2nc3c(=O)n(Cc4ccccc4)c4cc(C)ccc4n3n2)c1. The molecule has 2 aromatic heterocycles. The van der Waals surface area contributed by atoms with Crippen molar-refractivity contribution in [3.63, 3.8) is 0 Å².